The van der Waals surface area contributed by atoms with Gasteiger partial charge in [-0.05, 0) is 54.4 Å². The van der Waals surface area contributed by atoms with Crippen LogP contribution in [-0.2, 0) is 16.6 Å². The number of benzene rings is 2. The molecule has 2 aromatic carbocycles. The van der Waals surface area contributed by atoms with Gasteiger partial charge < -0.3 is 5.32 Å². The lowest BCUT2D eigenvalue weighted by Gasteiger charge is -2.17. The standard InChI is InChI=1S/C20H20N4O3S/c25-20(17-6-8-19(9-7-17)24-12-3-13-28(24,26)27)22-18-5-1-4-16(14-18)15-23-11-2-10-21-23/h1-2,4-11,14H,3,12-13,15H2,(H,22,25). The summed E-state index contributed by atoms with van der Waals surface area (Å²) in [6.07, 6.45) is 4.23. The van der Waals surface area contributed by atoms with Crippen LogP contribution >= 0.6 is 0 Å². The highest BCUT2D eigenvalue weighted by molar-refractivity contribution is 7.93. The van der Waals surface area contributed by atoms with Crippen LogP contribution in [0.2, 0.25) is 0 Å². The Morgan fingerprint density at radius 2 is 1.93 bits per heavy atom. The van der Waals surface area contributed by atoms with Gasteiger partial charge in [-0.3, -0.25) is 13.8 Å². The summed E-state index contributed by atoms with van der Waals surface area (Å²) in [6, 6.07) is 16.1. The highest BCUT2D eigenvalue weighted by Gasteiger charge is 2.28. The number of carbonyl (C=O) groups is 1. The molecule has 0 aliphatic carbocycles. The lowest BCUT2D eigenvalue weighted by Crippen LogP contribution is -2.25. The average Bonchev–Trinajstić information content (AvgIpc) is 3.31. The Morgan fingerprint density at radius 1 is 1.11 bits per heavy atom. The summed E-state index contributed by atoms with van der Waals surface area (Å²) in [7, 11) is -3.22. The molecule has 7 nitrogen and oxygen atoms in total. The third-order valence-electron chi connectivity index (χ3n) is 4.61. The minimum atomic E-state index is -3.22. The average molecular weight is 396 g/mol. The van der Waals surface area contributed by atoms with Crippen molar-refractivity contribution in [1.29, 1.82) is 0 Å². The number of amides is 1. The van der Waals surface area contributed by atoms with Crippen LogP contribution in [0.15, 0.2) is 67.0 Å². The van der Waals surface area contributed by atoms with Gasteiger partial charge in [-0.15, -0.1) is 0 Å². The van der Waals surface area contributed by atoms with Gasteiger partial charge in [-0.2, -0.15) is 5.10 Å². The maximum Gasteiger partial charge on any atom is 0.255 e. The van der Waals surface area contributed by atoms with E-state index in [4.69, 9.17) is 0 Å². The molecule has 0 radical (unpaired) electrons. The largest absolute Gasteiger partial charge is 0.322 e. The summed E-state index contributed by atoms with van der Waals surface area (Å²) >= 11 is 0. The van der Waals surface area contributed by atoms with Crippen molar-refractivity contribution in [3.63, 3.8) is 0 Å². The van der Waals surface area contributed by atoms with Crippen molar-refractivity contribution in [2.75, 3.05) is 21.9 Å². The van der Waals surface area contributed by atoms with Crippen molar-refractivity contribution in [2.45, 2.75) is 13.0 Å². The van der Waals surface area contributed by atoms with E-state index in [0.29, 0.717) is 36.4 Å². The summed E-state index contributed by atoms with van der Waals surface area (Å²) in [6.45, 7) is 1.10. The molecule has 8 heteroatoms. The van der Waals surface area contributed by atoms with Crippen molar-refractivity contribution < 1.29 is 13.2 Å². The van der Waals surface area contributed by atoms with Gasteiger partial charge in [0, 0.05) is 30.2 Å². The molecular formula is C20H20N4O3S. The van der Waals surface area contributed by atoms with Crippen LogP contribution in [0.3, 0.4) is 0 Å². The van der Waals surface area contributed by atoms with Gasteiger partial charge >= 0.3 is 0 Å². The summed E-state index contributed by atoms with van der Waals surface area (Å²) in [5, 5.41) is 7.07. The fourth-order valence-corrected chi connectivity index (χ4v) is 4.80. The topological polar surface area (TPSA) is 84.3 Å². The first kappa shape index (κ1) is 18.2. The molecule has 0 saturated carbocycles. The van der Waals surface area contributed by atoms with Gasteiger partial charge in [0.1, 0.15) is 0 Å². The van der Waals surface area contributed by atoms with E-state index in [0.717, 1.165) is 5.56 Å². The highest BCUT2D eigenvalue weighted by atomic mass is 32.2. The fourth-order valence-electron chi connectivity index (χ4n) is 3.24. The molecule has 0 atom stereocenters. The maximum absolute atomic E-state index is 12.5. The van der Waals surface area contributed by atoms with Gasteiger partial charge in [0.15, 0.2) is 0 Å². The van der Waals surface area contributed by atoms with Crippen molar-refractivity contribution in [2.24, 2.45) is 0 Å². The SMILES string of the molecule is O=C(Nc1cccc(Cn2cccn2)c1)c1ccc(N2CCCS2(=O)=O)cc1. The van der Waals surface area contributed by atoms with Crippen LogP contribution in [0.1, 0.15) is 22.3 Å². The Kier molecular flexibility index (Phi) is 4.87. The number of rotatable bonds is 5. The van der Waals surface area contributed by atoms with E-state index < -0.39 is 10.0 Å². The first-order valence-corrected chi connectivity index (χ1v) is 10.6. The lowest BCUT2D eigenvalue weighted by atomic mass is 10.1. The van der Waals surface area contributed by atoms with Crippen LogP contribution in [0.4, 0.5) is 11.4 Å². The molecule has 4 rings (SSSR count). The first-order valence-electron chi connectivity index (χ1n) is 8.99. The monoisotopic (exact) mass is 396 g/mol. The minimum absolute atomic E-state index is 0.171. The van der Waals surface area contributed by atoms with E-state index in [1.54, 1.807) is 30.5 Å². The molecule has 1 N–H and O–H groups in total. The zero-order chi connectivity index (χ0) is 19.6. The van der Waals surface area contributed by atoms with Gasteiger partial charge in [-0.25, -0.2) is 8.42 Å². The molecule has 1 aromatic heterocycles. The number of sulfonamides is 1. The molecule has 3 aromatic rings. The second-order valence-corrected chi connectivity index (χ2v) is 8.66. The normalized spacial score (nSPS) is 15.5. The van der Waals surface area contributed by atoms with Gasteiger partial charge in [0.2, 0.25) is 10.0 Å². The Morgan fingerprint density at radius 3 is 2.61 bits per heavy atom. The smallest absolute Gasteiger partial charge is 0.255 e. The maximum atomic E-state index is 12.5. The summed E-state index contributed by atoms with van der Waals surface area (Å²) < 4.78 is 27.2. The Bertz CT molecular complexity index is 1080. The van der Waals surface area contributed by atoms with Gasteiger partial charge in [-0.1, -0.05) is 12.1 Å². The van der Waals surface area contributed by atoms with Crippen molar-refractivity contribution >= 4 is 27.3 Å². The van der Waals surface area contributed by atoms with E-state index >= 15 is 0 Å². The Balaban J connectivity index is 1.45. The molecule has 2 heterocycles. The fraction of sp³-hybridized carbons (Fsp3) is 0.200. The predicted octanol–water partition coefficient (Wildman–Crippen LogP) is 2.72. The van der Waals surface area contributed by atoms with Crippen LogP contribution in [-0.4, -0.2) is 36.4 Å². The summed E-state index contributed by atoms with van der Waals surface area (Å²) in [5.41, 5.74) is 2.78. The number of hydrogen-bond acceptors (Lipinski definition) is 4. The molecule has 1 fully saturated rings. The molecule has 0 spiro atoms. The molecule has 1 aliphatic rings. The summed E-state index contributed by atoms with van der Waals surface area (Å²) in [4.78, 5) is 12.5. The van der Waals surface area contributed by atoms with Crippen molar-refractivity contribution in [3.8, 4) is 0 Å². The lowest BCUT2D eigenvalue weighted by molar-refractivity contribution is 0.102. The number of aromatic nitrogens is 2. The van der Waals surface area contributed by atoms with Crippen LogP contribution in [0, 0.1) is 0 Å². The minimum Gasteiger partial charge on any atom is -0.322 e. The van der Waals surface area contributed by atoms with Crippen LogP contribution < -0.4 is 9.62 Å². The van der Waals surface area contributed by atoms with E-state index in [1.807, 2.05) is 41.2 Å². The third kappa shape index (κ3) is 3.91. The molecule has 1 aliphatic heterocycles. The molecule has 28 heavy (non-hydrogen) atoms. The Hall–Kier alpha value is -3.13. The summed E-state index contributed by atoms with van der Waals surface area (Å²) in [5.74, 6) is -0.0727. The molecule has 1 amide bonds. The molecule has 0 bridgehead atoms. The first-order chi connectivity index (χ1) is 13.5. The number of carbonyl (C=O) groups excluding carboxylic acids is 1. The molecular weight excluding hydrogens is 376 g/mol. The number of hydrogen-bond donors (Lipinski definition) is 1. The van der Waals surface area contributed by atoms with Crippen molar-refractivity contribution in [1.82, 2.24) is 9.78 Å². The highest BCUT2D eigenvalue weighted by Crippen LogP contribution is 2.24. The molecule has 144 valence electrons. The Labute approximate surface area is 163 Å². The quantitative estimate of drug-likeness (QED) is 0.719. The predicted molar refractivity (Wildman–Crippen MR) is 108 cm³/mol. The zero-order valence-corrected chi connectivity index (χ0v) is 16.0. The zero-order valence-electron chi connectivity index (χ0n) is 15.2. The van der Waals surface area contributed by atoms with Crippen LogP contribution in [0.5, 0.6) is 0 Å². The van der Waals surface area contributed by atoms with E-state index in [9.17, 15) is 13.2 Å². The van der Waals surface area contributed by atoms with Crippen LogP contribution in [0.25, 0.3) is 0 Å². The van der Waals surface area contributed by atoms with Gasteiger partial charge in [0.25, 0.3) is 5.91 Å². The second kappa shape index (κ2) is 7.47. The number of anilines is 2. The molecule has 0 unspecified atom stereocenters. The second-order valence-electron chi connectivity index (χ2n) is 6.65. The van der Waals surface area contributed by atoms with E-state index in [1.165, 1.54) is 4.31 Å². The van der Waals surface area contributed by atoms with E-state index in [-0.39, 0.29) is 11.7 Å². The number of nitrogens with zero attached hydrogens (tertiary/aromatic N) is 3. The molecule has 1 saturated heterocycles. The number of nitrogens with one attached hydrogen (secondary N) is 1. The van der Waals surface area contributed by atoms with Gasteiger partial charge in [0.05, 0.1) is 18.0 Å². The third-order valence-corrected chi connectivity index (χ3v) is 6.47. The van der Waals surface area contributed by atoms with E-state index in [2.05, 4.69) is 10.4 Å². The van der Waals surface area contributed by atoms with Crippen molar-refractivity contribution in [3.05, 3.63) is 78.1 Å².